The van der Waals surface area contributed by atoms with Crippen molar-refractivity contribution in [2.75, 3.05) is 6.54 Å². The van der Waals surface area contributed by atoms with E-state index in [9.17, 15) is 14.9 Å². The van der Waals surface area contributed by atoms with Gasteiger partial charge in [-0.15, -0.1) is 0 Å². The highest BCUT2D eigenvalue weighted by Crippen LogP contribution is 2.27. The first-order chi connectivity index (χ1) is 12.1. The molecule has 2 rings (SSSR count). The number of nitrogens with one attached hydrogen (secondary N) is 1. The Morgan fingerprint density at radius 2 is 2.08 bits per heavy atom. The molecule has 1 fully saturated rings. The van der Waals surface area contributed by atoms with Gasteiger partial charge in [0.15, 0.2) is 0 Å². The quantitative estimate of drug-likeness (QED) is 0.770. The summed E-state index contributed by atoms with van der Waals surface area (Å²) >= 11 is 0. The van der Waals surface area contributed by atoms with Crippen molar-refractivity contribution in [2.24, 2.45) is 0 Å². The number of hydrogen-bond acceptors (Lipinski definition) is 4. The van der Waals surface area contributed by atoms with Crippen molar-refractivity contribution in [3.63, 3.8) is 0 Å². The molecule has 6 heteroatoms. The maximum Gasteiger partial charge on any atom is 0.410 e. The van der Waals surface area contributed by atoms with Crippen LogP contribution in [0.5, 0.6) is 0 Å². The van der Waals surface area contributed by atoms with Crippen molar-refractivity contribution < 1.29 is 14.3 Å². The minimum atomic E-state index is -1.29. The molecule has 134 valence electrons. The molecule has 0 aromatic heterocycles. The van der Waals surface area contributed by atoms with Gasteiger partial charge in [-0.3, -0.25) is 10.1 Å². The van der Waals surface area contributed by atoms with E-state index in [1.807, 2.05) is 30.3 Å². The maximum atomic E-state index is 12.4. The molecule has 1 N–H and O–H groups in total. The van der Waals surface area contributed by atoms with E-state index in [4.69, 9.17) is 4.74 Å². The number of carbonyl (C=O) groups excluding carboxylic acids is 2. The van der Waals surface area contributed by atoms with Gasteiger partial charge in [0.1, 0.15) is 12.7 Å². The van der Waals surface area contributed by atoms with Crippen LogP contribution in [0.15, 0.2) is 30.3 Å². The smallest absolute Gasteiger partial charge is 0.410 e. The Morgan fingerprint density at radius 3 is 2.76 bits per heavy atom. The number of benzene rings is 1. The molecule has 1 heterocycles. The minimum Gasteiger partial charge on any atom is -0.445 e. The zero-order valence-corrected chi connectivity index (χ0v) is 14.7. The number of alkyl carbamates (subject to hydrolysis) is 1. The van der Waals surface area contributed by atoms with Crippen LogP contribution in [-0.4, -0.2) is 29.1 Å². The van der Waals surface area contributed by atoms with E-state index < -0.39 is 11.8 Å². The molecule has 1 aromatic rings. The molecule has 0 spiro atoms. The minimum absolute atomic E-state index is 0.0872. The number of rotatable bonds is 7. The Hall–Kier alpha value is -2.55. The zero-order valence-electron chi connectivity index (χ0n) is 14.7. The number of nitriles is 1. The summed E-state index contributed by atoms with van der Waals surface area (Å²) in [6.07, 6.45) is 3.63. The van der Waals surface area contributed by atoms with Crippen molar-refractivity contribution in [3.05, 3.63) is 35.9 Å². The second-order valence-electron chi connectivity index (χ2n) is 6.26. The van der Waals surface area contributed by atoms with E-state index >= 15 is 0 Å². The highest BCUT2D eigenvalue weighted by Gasteiger charge is 2.45. The number of amides is 2. The second-order valence-corrected chi connectivity index (χ2v) is 6.26. The molecule has 6 nitrogen and oxygen atoms in total. The van der Waals surface area contributed by atoms with Gasteiger partial charge in [-0.1, -0.05) is 50.1 Å². The summed E-state index contributed by atoms with van der Waals surface area (Å²) in [5.41, 5.74) is -0.431. The SMILES string of the molecule is CCCCCC(=O)N1CCCC1(C#N)NC(=O)OCc1ccccc1. The molecule has 1 unspecified atom stereocenters. The van der Waals surface area contributed by atoms with E-state index in [0.29, 0.717) is 25.8 Å². The molecule has 2 amide bonds. The number of likely N-dealkylation sites (tertiary alicyclic amines) is 1. The lowest BCUT2D eigenvalue weighted by atomic mass is 10.1. The summed E-state index contributed by atoms with van der Waals surface area (Å²) in [5.74, 6) is -0.0872. The number of nitrogens with zero attached hydrogens (tertiary/aromatic N) is 2. The summed E-state index contributed by atoms with van der Waals surface area (Å²) in [5, 5.41) is 12.2. The summed E-state index contributed by atoms with van der Waals surface area (Å²) in [6.45, 7) is 2.68. The van der Waals surface area contributed by atoms with Gasteiger partial charge in [0.05, 0.1) is 0 Å². The Labute approximate surface area is 148 Å². The van der Waals surface area contributed by atoms with Gasteiger partial charge in [-0.25, -0.2) is 4.79 Å². The van der Waals surface area contributed by atoms with Crippen LogP contribution in [0.1, 0.15) is 51.0 Å². The third kappa shape index (κ3) is 4.96. The molecule has 1 aromatic carbocycles. The lowest BCUT2D eigenvalue weighted by molar-refractivity contribution is -0.134. The van der Waals surface area contributed by atoms with E-state index in [1.165, 1.54) is 4.90 Å². The topological polar surface area (TPSA) is 82.4 Å². The third-order valence-corrected chi connectivity index (χ3v) is 4.38. The maximum absolute atomic E-state index is 12.4. The molecular weight excluding hydrogens is 318 g/mol. The molecule has 0 radical (unpaired) electrons. The monoisotopic (exact) mass is 343 g/mol. The molecule has 0 aliphatic carbocycles. The predicted molar refractivity (Wildman–Crippen MR) is 93.2 cm³/mol. The van der Waals surface area contributed by atoms with Crippen LogP contribution in [0.4, 0.5) is 4.79 Å². The van der Waals surface area contributed by atoms with Gasteiger partial charge >= 0.3 is 6.09 Å². The number of carbonyl (C=O) groups is 2. The first-order valence-electron chi connectivity index (χ1n) is 8.82. The van der Waals surface area contributed by atoms with Crippen LogP contribution in [0.25, 0.3) is 0 Å². The Bertz CT molecular complexity index is 627. The molecule has 1 aliphatic heterocycles. The first kappa shape index (κ1) is 18.8. The van der Waals surface area contributed by atoms with Gasteiger partial charge in [-0.05, 0) is 18.4 Å². The van der Waals surface area contributed by atoms with Crippen molar-refractivity contribution in [1.82, 2.24) is 10.2 Å². The summed E-state index contributed by atoms with van der Waals surface area (Å²) in [4.78, 5) is 26.1. The highest BCUT2D eigenvalue weighted by molar-refractivity contribution is 5.79. The van der Waals surface area contributed by atoms with E-state index in [0.717, 1.165) is 24.8 Å². The zero-order chi connectivity index (χ0) is 18.1. The Balaban J connectivity index is 1.94. The average Bonchev–Trinajstić information content (AvgIpc) is 3.05. The lowest BCUT2D eigenvalue weighted by Crippen LogP contribution is -2.58. The Kier molecular flexibility index (Phi) is 6.81. The molecular formula is C19H25N3O3. The third-order valence-electron chi connectivity index (χ3n) is 4.38. The standard InChI is InChI=1S/C19H25N3O3/c1-2-3-5-11-17(23)22-13-8-12-19(22,15-20)21-18(24)25-14-16-9-6-4-7-10-16/h4,6-7,9-10H,2-3,5,8,11-14H2,1H3,(H,21,24). The van der Waals surface area contributed by atoms with Crippen LogP contribution < -0.4 is 5.32 Å². The molecule has 1 atom stereocenters. The van der Waals surface area contributed by atoms with E-state index in [-0.39, 0.29) is 12.5 Å². The van der Waals surface area contributed by atoms with Crippen molar-refractivity contribution in [1.29, 1.82) is 5.26 Å². The largest absolute Gasteiger partial charge is 0.445 e. The number of unbranched alkanes of at least 4 members (excludes halogenated alkanes) is 2. The van der Waals surface area contributed by atoms with Gasteiger partial charge in [-0.2, -0.15) is 5.26 Å². The summed E-state index contributed by atoms with van der Waals surface area (Å²) in [7, 11) is 0. The van der Waals surface area contributed by atoms with E-state index in [1.54, 1.807) is 0 Å². The van der Waals surface area contributed by atoms with Gasteiger partial charge in [0, 0.05) is 19.4 Å². The average molecular weight is 343 g/mol. The molecule has 25 heavy (non-hydrogen) atoms. The van der Waals surface area contributed by atoms with Gasteiger partial charge in [0.2, 0.25) is 11.6 Å². The van der Waals surface area contributed by atoms with Crippen molar-refractivity contribution >= 4 is 12.0 Å². The molecule has 0 saturated carbocycles. The predicted octanol–water partition coefficient (Wildman–Crippen LogP) is 3.34. The van der Waals surface area contributed by atoms with E-state index in [2.05, 4.69) is 18.3 Å². The van der Waals surface area contributed by atoms with Crippen molar-refractivity contribution in [2.45, 2.75) is 57.7 Å². The molecule has 1 aliphatic rings. The number of ether oxygens (including phenoxy) is 1. The second kappa shape index (κ2) is 9.07. The van der Waals surface area contributed by atoms with Gasteiger partial charge in [0.25, 0.3) is 0 Å². The summed E-state index contributed by atoms with van der Waals surface area (Å²) < 4.78 is 5.20. The molecule has 1 saturated heterocycles. The van der Waals surface area contributed by atoms with Crippen LogP contribution in [0.3, 0.4) is 0 Å². The lowest BCUT2D eigenvalue weighted by Gasteiger charge is -2.32. The summed E-state index contributed by atoms with van der Waals surface area (Å²) in [6, 6.07) is 11.4. The first-order valence-corrected chi connectivity index (χ1v) is 8.82. The Morgan fingerprint density at radius 1 is 1.32 bits per heavy atom. The van der Waals surface area contributed by atoms with Crippen LogP contribution in [-0.2, 0) is 16.1 Å². The molecule has 0 bridgehead atoms. The highest BCUT2D eigenvalue weighted by atomic mass is 16.5. The fraction of sp³-hybridized carbons (Fsp3) is 0.526. The van der Waals surface area contributed by atoms with Crippen LogP contribution in [0, 0.1) is 11.3 Å². The normalized spacial score (nSPS) is 19.3. The van der Waals surface area contributed by atoms with Crippen molar-refractivity contribution in [3.8, 4) is 6.07 Å². The van der Waals surface area contributed by atoms with Crippen LogP contribution in [0.2, 0.25) is 0 Å². The number of hydrogen-bond donors (Lipinski definition) is 1. The fourth-order valence-electron chi connectivity index (χ4n) is 3.02. The fourth-order valence-corrected chi connectivity index (χ4v) is 3.02. The van der Waals surface area contributed by atoms with Crippen LogP contribution >= 0.6 is 0 Å². The van der Waals surface area contributed by atoms with Gasteiger partial charge < -0.3 is 9.64 Å².